The summed E-state index contributed by atoms with van der Waals surface area (Å²) in [5.74, 6) is -1.42. The Kier molecular flexibility index (Phi) is 6.07. The molecular formula is C16H10Cl2N6O4S. The molecule has 3 aromatic rings. The number of aromatic amines is 1. The Morgan fingerprint density at radius 3 is 2.86 bits per heavy atom. The van der Waals surface area contributed by atoms with Crippen LogP contribution in [0.15, 0.2) is 28.3 Å². The van der Waals surface area contributed by atoms with Crippen molar-refractivity contribution >= 4 is 58.2 Å². The molecule has 0 saturated carbocycles. The van der Waals surface area contributed by atoms with Crippen molar-refractivity contribution in [3.05, 3.63) is 50.0 Å². The molecule has 0 fully saturated rings. The van der Waals surface area contributed by atoms with E-state index in [0.29, 0.717) is 0 Å². The highest BCUT2D eigenvalue weighted by Gasteiger charge is 2.19. The van der Waals surface area contributed by atoms with Crippen LogP contribution in [-0.4, -0.2) is 44.3 Å². The lowest BCUT2D eigenvalue weighted by atomic mass is 10.1. The van der Waals surface area contributed by atoms with Gasteiger partial charge in [0, 0.05) is 5.02 Å². The van der Waals surface area contributed by atoms with E-state index in [0.717, 1.165) is 16.3 Å². The number of hydrogen-bond donors (Lipinski definition) is 2. The quantitative estimate of drug-likeness (QED) is 0.442. The molecule has 10 nitrogen and oxygen atoms in total. The molecule has 0 aliphatic rings. The van der Waals surface area contributed by atoms with Crippen molar-refractivity contribution in [1.29, 1.82) is 5.26 Å². The van der Waals surface area contributed by atoms with Gasteiger partial charge in [0.25, 0.3) is 0 Å². The second-order valence-corrected chi connectivity index (χ2v) is 7.20. The van der Waals surface area contributed by atoms with Crippen LogP contribution in [0.2, 0.25) is 10.0 Å². The molecule has 13 heteroatoms. The first kappa shape index (κ1) is 20.7. The van der Waals surface area contributed by atoms with Gasteiger partial charge in [0.15, 0.2) is 10.8 Å². The number of thioether (sulfide) groups is 1. The normalized spacial score (nSPS) is 10.6. The second-order valence-electron chi connectivity index (χ2n) is 5.39. The minimum Gasteiger partial charge on any atom is -0.465 e. The number of benzene rings is 1. The van der Waals surface area contributed by atoms with E-state index in [1.54, 1.807) is 0 Å². The van der Waals surface area contributed by atoms with Crippen molar-refractivity contribution in [2.45, 2.75) is 5.16 Å². The monoisotopic (exact) mass is 452 g/mol. The number of nitrogens with one attached hydrogen (secondary N) is 2. The van der Waals surface area contributed by atoms with Gasteiger partial charge < -0.3 is 10.1 Å². The molecule has 148 valence electrons. The molecular weight excluding hydrogens is 443 g/mol. The average molecular weight is 453 g/mol. The van der Waals surface area contributed by atoms with E-state index in [2.05, 4.69) is 25.1 Å². The van der Waals surface area contributed by atoms with Crippen molar-refractivity contribution in [2.75, 3.05) is 18.2 Å². The van der Waals surface area contributed by atoms with Crippen LogP contribution in [0.4, 0.5) is 5.69 Å². The van der Waals surface area contributed by atoms with E-state index in [1.165, 1.54) is 25.4 Å². The average Bonchev–Trinajstić information content (AvgIpc) is 3.11. The first-order chi connectivity index (χ1) is 13.8. The fourth-order valence-electron chi connectivity index (χ4n) is 2.29. The Morgan fingerprint density at radius 2 is 2.17 bits per heavy atom. The number of nitriles is 1. The Hall–Kier alpha value is -3.07. The number of H-pyrrole nitrogens is 1. The number of aromatic nitrogens is 4. The molecule has 0 unspecified atom stereocenters. The van der Waals surface area contributed by atoms with Crippen LogP contribution in [0.3, 0.4) is 0 Å². The number of rotatable bonds is 5. The molecule has 2 heterocycles. The van der Waals surface area contributed by atoms with Crippen molar-refractivity contribution in [3.63, 3.8) is 0 Å². The molecule has 0 radical (unpaired) electrons. The van der Waals surface area contributed by atoms with E-state index in [-0.39, 0.29) is 43.4 Å². The molecule has 2 N–H and O–H groups in total. The summed E-state index contributed by atoms with van der Waals surface area (Å²) in [6, 6.07) is 4.57. The maximum Gasteiger partial charge on any atom is 0.350 e. The Morgan fingerprint density at radius 1 is 1.41 bits per heavy atom. The Labute approximate surface area is 176 Å². The van der Waals surface area contributed by atoms with Gasteiger partial charge in [-0.05, 0) is 12.1 Å². The topological polar surface area (TPSA) is 142 Å². The predicted molar refractivity (Wildman–Crippen MR) is 105 cm³/mol. The largest absolute Gasteiger partial charge is 0.465 e. The number of amides is 1. The number of fused-ring (bicyclic) bond motifs is 1. The highest BCUT2D eigenvalue weighted by molar-refractivity contribution is 7.99. The summed E-state index contributed by atoms with van der Waals surface area (Å²) in [7, 11) is 1.18. The smallest absolute Gasteiger partial charge is 0.350 e. The lowest BCUT2D eigenvalue weighted by Crippen LogP contribution is -2.21. The molecule has 1 aromatic carbocycles. The van der Waals surface area contributed by atoms with E-state index >= 15 is 0 Å². The molecule has 29 heavy (non-hydrogen) atoms. The summed E-state index contributed by atoms with van der Waals surface area (Å²) in [5.41, 5.74) is -0.360. The summed E-state index contributed by atoms with van der Waals surface area (Å²) >= 11 is 12.9. The summed E-state index contributed by atoms with van der Waals surface area (Å²) in [6.45, 7) is 0. The van der Waals surface area contributed by atoms with E-state index in [9.17, 15) is 14.4 Å². The summed E-state index contributed by atoms with van der Waals surface area (Å²) in [4.78, 5) is 42.8. The van der Waals surface area contributed by atoms with Gasteiger partial charge in [0.1, 0.15) is 11.6 Å². The molecule has 0 atom stereocenters. The van der Waals surface area contributed by atoms with Crippen LogP contribution >= 0.6 is 35.0 Å². The molecule has 0 bridgehead atoms. The third-order valence-electron chi connectivity index (χ3n) is 3.54. The number of carbonyl (C=O) groups excluding carboxylic acids is 2. The lowest BCUT2D eigenvalue weighted by molar-refractivity contribution is -0.113. The van der Waals surface area contributed by atoms with Gasteiger partial charge in [0.05, 0.1) is 35.3 Å². The first-order valence-corrected chi connectivity index (χ1v) is 9.46. The van der Waals surface area contributed by atoms with Crippen LogP contribution in [0.25, 0.3) is 5.65 Å². The number of nitrogens with zero attached hydrogens (tertiary/aromatic N) is 4. The van der Waals surface area contributed by atoms with Gasteiger partial charge in [-0.1, -0.05) is 35.0 Å². The number of halogens is 2. The zero-order valence-corrected chi connectivity index (χ0v) is 16.9. The number of hydrogen-bond acceptors (Lipinski definition) is 8. The zero-order chi connectivity index (χ0) is 21.1. The third kappa shape index (κ3) is 4.34. The van der Waals surface area contributed by atoms with Crippen molar-refractivity contribution < 1.29 is 14.3 Å². The van der Waals surface area contributed by atoms with Gasteiger partial charge in [-0.2, -0.15) is 14.9 Å². The zero-order valence-electron chi connectivity index (χ0n) is 14.5. The molecule has 0 aliphatic heterocycles. The minimum atomic E-state index is -0.724. The van der Waals surface area contributed by atoms with E-state index in [1.807, 2.05) is 6.07 Å². The number of carbonyl (C=O) groups is 2. The summed E-state index contributed by atoms with van der Waals surface area (Å²) in [6.07, 6.45) is 1.22. The molecule has 0 spiro atoms. The van der Waals surface area contributed by atoms with E-state index in [4.69, 9.17) is 28.5 Å². The standard InChI is InChI=1S/C16H10Cl2N6O4S/c1-28-14(26)9-2-8(17)3-10(18)12(9)21-11(25)6-29-15-22-13-7(4-19)5-20-24(13)16(27)23-15/h2-3,5H,6H2,1H3,(H,21,25)(H,22,23,27). The van der Waals surface area contributed by atoms with Crippen molar-refractivity contribution in [3.8, 4) is 6.07 Å². The molecule has 0 aliphatic carbocycles. The molecule has 1 amide bonds. The number of esters is 1. The minimum absolute atomic E-state index is 0.00535. The predicted octanol–water partition coefficient (Wildman–Crippen LogP) is 2.11. The highest BCUT2D eigenvalue weighted by atomic mass is 35.5. The molecule has 2 aromatic heterocycles. The SMILES string of the molecule is COC(=O)c1cc(Cl)cc(Cl)c1NC(=O)CSc1nc2c(C#N)cnn2c(=O)[nH]1. The number of anilines is 1. The first-order valence-electron chi connectivity index (χ1n) is 7.72. The Balaban J connectivity index is 1.79. The van der Waals surface area contributed by atoms with Gasteiger partial charge >= 0.3 is 11.7 Å². The van der Waals surface area contributed by atoms with Crippen LogP contribution < -0.4 is 11.0 Å². The molecule has 3 rings (SSSR count). The number of ether oxygens (including phenoxy) is 1. The summed E-state index contributed by atoms with van der Waals surface area (Å²) < 4.78 is 5.61. The lowest BCUT2D eigenvalue weighted by Gasteiger charge is -2.12. The van der Waals surface area contributed by atoms with Crippen LogP contribution in [0.1, 0.15) is 15.9 Å². The fourth-order valence-corrected chi connectivity index (χ4v) is 3.49. The van der Waals surface area contributed by atoms with Gasteiger partial charge in [-0.25, -0.2) is 14.6 Å². The van der Waals surface area contributed by atoms with Crippen molar-refractivity contribution in [1.82, 2.24) is 19.6 Å². The van der Waals surface area contributed by atoms with Gasteiger partial charge in [-0.3, -0.25) is 9.78 Å². The van der Waals surface area contributed by atoms with Gasteiger partial charge in [0.2, 0.25) is 5.91 Å². The second kappa shape index (κ2) is 8.52. The van der Waals surface area contributed by atoms with E-state index < -0.39 is 17.6 Å². The number of methoxy groups -OCH3 is 1. The maximum atomic E-state index is 12.3. The Bertz CT molecular complexity index is 1230. The van der Waals surface area contributed by atoms with Crippen LogP contribution in [0.5, 0.6) is 0 Å². The fraction of sp³-hybridized carbons (Fsp3) is 0.125. The van der Waals surface area contributed by atoms with Crippen LogP contribution in [0, 0.1) is 11.3 Å². The van der Waals surface area contributed by atoms with Crippen LogP contribution in [-0.2, 0) is 9.53 Å². The summed E-state index contributed by atoms with van der Waals surface area (Å²) in [5, 5.41) is 15.7. The third-order valence-corrected chi connectivity index (χ3v) is 4.93. The molecule has 0 saturated heterocycles. The highest BCUT2D eigenvalue weighted by Crippen LogP contribution is 2.31. The van der Waals surface area contributed by atoms with Gasteiger partial charge in [-0.15, -0.1) is 0 Å². The van der Waals surface area contributed by atoms with Crippen molar-refractivity contribution in [2.24, 2.45) is 0 Å². The maximum absolute atomic E-state index is 12.3.